The van der Waals surface area contributed by atoms with E-state index in [9.17, 15) is 14.9 Å². The van der Waals surface area contributed by atoms with Crippen LogP contribution in [0.2, 0.25) is 0 Å². The van der Waals surface area contributed by atoms with Crippen LogP contribution >= 0.6 is 24.0 Å². The van der Waals surface area contributed by atoms with E-state index in [0.717, 1.165) is 11.3 Å². The van der Waals surface area contributed by atoms with E-state index in [1.807, 2.05) is 6.92 Å². The number of carbonyl (C=O) groups excluding carboxylic acids is 1. The second-order valence-corrected chi connectivity index (χ2v) is 5.71. The summed E-state index contributed by atoms with van der Waals surface area (Å²) in [7, 11) is 0. The molecule has 1 aliphatic rings. The maximum absolute atomic E-state index is 11.8. The van der Waals surface area contributed by atoms with E-state index in [0.29, 0.717) is 9.88 Å². The smallest absolute Gasteiger partial charge is 0.271 e. The monoisotopic (exact) mass is 282 g/mol. The molecular formula is C11H10N2O3S2. The summed E-state index contributed by atoms with van der Waals surface area (Å²) in [6, 6.07) is 4.36. The van der Waals surface area contributed by atoms with Crippen molar-refractivity contribution in [2.45, 2.75) is 12.8 Å². The van der Waals surface area contributed by atoms with Gasteiger partial charge >= 0.3 is 0 Å². The molecule has 1 amide bonds. The summed E-state index contributed by atoms with van der Waals surface area (Å²) in [6.45, 7) is 1.96. The van der Waals surface area contributed by atoms with E-state index in [2.05, 4.69) is 5.32 Å². The lowest BCUT2D eigenvalue weighted by Gasteiger charge is -2.08. The van der Waals surface area contributed by atoms with Gasteiger partial charge < -0.3 is 5.32 Å². The van der Waals surface area contributed by atoms with Gasteiger partial charge in [-0.15, -0.1) is 11.8 Å². The lowest BCUT2D eigenvalue weighted by molar-refractivity contribution is -0.384. The minimum atomic E-state index is -0.487. The van der Waals surface area contributed by atoms with Crippen LogP contribution in [-0.4, -0.2) is 20.8 Å². The highest BCUT2D eigenvalue weighted by molar-refractivity contribution is 8.23. The van der Waals surface area contributed by atoms with Crippen LogP contribution in [0.4, 0.5) is 11.4 Å². The van der Waals surface area contributed by atoms with Gasteiger partial charge in [-0.05, 0) is 17.4 Å². The lowest BCUT2D eigenvalue weighted by atomic mass is 10.0. The number of nitrogens with zero attached hydrogens (tertiary/aromatic N) is 1. The first-order valence-electron chi connectivity index (χ1n) is 5.30. The summed E-state index contributed by atoms with van der Waals surface area (Å²) in [5.41, 5.74) is 1.17. The van der Waals surface area contributed by atoms with E-state index in [4.69, 9.17) is 12.2 Å². The van der Waals surface area contributed by atoms with Gasteiger partial charge in [0, 0.05) is 12.1 Å². The number of amides is 1. The van der Waals surface area contributed by atoms with Crippen LogP contribution in [0.25, 0.3) is 0 Å². The molecule has 94 valence electrons. The van der Waals surface area contributed by atoms with Gasteiger partial charge in [0.05, 0.1) is 14.8 Å². The number of nitro benzene ring substituents is 1. The molecule has 0 saturated heterocycles. The van der Waals surface area contributed by atoms with E-state index in [-0.39, 0.29) is 11.6 Å². The van der Waals surface area contributed by atoms with Crippen molar-refractivity contribution in [3.8, 4) is 0 Å². The molecule has 2 rings (SSSR count). The van der Waals surface area contributed by atoms with Crippen LogP contribution in [0.3, 0.4) is 0 Å². The number of hydrogen-bond acceptors (Lipinski definition) is 5. The van der Waals surface area contributed by atoms with E-state index in [1.54, 1.807) is 6.07 Å². The molecule has 0 aromatic heterocycles. The number of thiocarbonyl (C=S) groups is 1. The van der Waals surface area contributed by atoms with Crippen molar-refractivity contribution < 1.29 is 9.72 Å². The third kappa shape index (κ3) is 2.23. The van der Waals surface area contributed by atoms with Gasteiger partial charge in [0.2, 0.25) is 5.91 Å². The SMILES string of the molecule is CCSC(=S)C1C(=O)Nc2cc([N+](=O)[O-])ccc21. The molecule has 1 heterocycles. The predicted octanol–water partition coefficient (Wildman–Crippen LogP) is 2.71. The number of benzene rings is 1. The van der Waals surface area contributed by atoms with Gasteiger partial charge in [0.15, 0.2) is 0 Å². The van der Waals surface area contributed by atoms with Gasteiger partial charge in [-0.3, -0.25) is 14.9 Å². The number of thioether (sulfide) groups is 1. The molecule has 1 aliphatic heterocycles. The van der Waals surface area contributed by atoms with Crippen LogP contribution in [0, 0.1) is 10.1 Å². The number of nitrogens with one attached hydrogen (secondary N) is 1. The molecule has 1 aromatic carbocycles. The fourth-order valence-corrected chi connectivity index (χ4v) is 3.10. The Labute approximate surface area is 113 Å². The topological polar surface area (TPSA) is 72.2 Å². The minimum absolute atomic E-state index is 0.0382. The number of non-ortho nitro benzene ring substituents is 1. The van der Waals surface area contributed by atoms with Gasteiger partial charge in [-0.1, -0.05) is 19.1 Å². The molecule has 1 aromatic rings. The summed E-state index contributed by atoms with van der Waals surface area (Å²) >= 11 is 6.66. The normalized spacial score (nSPS) is 17.2. The average Bonchev–Trinajstić information content (AvgIpc) is 2.63. The zero-order valence-corrected chi connectivity index (χ0v) is 11.1. The van der Waals surface area contributed by atoms with Crippen molar-refractivity contribution in [3.63, 3.8) is 0 Å². The summed E-state index contributed by atoms with van der Waals surface area (Å²) in [6.07, 6.45) is 0. The third-order valence-corrected chi connectivity index (χ3v) is 4.00. The predicted molar refractivity (Wildman–Crippen MR) is 75.2 cm³/mol. The average molecular weight is 282 g/mol. The Kier molecular flexibility index (Phi) is 3.63. The standard InChI is InChI=1S/C11H10N2O3S2/c1-2-18-11(17)9-7-4-3-6(13(15)16)5-8(7)12-10(9)14/h3-5,9H,2H2,1H3,(H,12,14). The molecule has 7 heteroatoms. The maximum atomic E-state index is 11.8. The quantitative estimate of drug-likeness (QED) is 0.524. The van der Waals surface area contributed by atoms with Gasteiger partial charge in [0.25, 0.3) is 5.69 Å². The first-order valence-corrected chi connectivity index (χ1v) is 6.69. The Hall–Kier alpha value is -1.47. The first-order chi connectivity index (χ1) is 8.54. The van der Waals surface area contributed by atoms with Crippen molar-refractivity contribution in [2.75, 3.05) is 11.1 Å². The number of nitro groups is 1. The fraction of sp³-hybridized carbons (Fsp3) is 0.273. The molecule has 18 heavy (non-hydrogen) atoms. The molecule has 0 radical (unpaired) electrons. The van der Waals surface area contributed by atoms with Crippen LogP contribution < -0.4 is 5.32 Å². The number of rotatable bonds is 3. The second kappa shape index (κ2) is 5.03. The number of anilines is 1. The van der Waals surface area contributed by atoms with Crippen molar-refractivity contribution in [1.82, 2.24) is 0 Å². The molecule has 5 nitrogen and oxygen atoms in total. The maximum Gasteiger partial charge on any atom is 0.271 e. The molecule has 0 saturated carbocycles. The number of fused-ring (bicyclic) bond motifs is 1. The summed E-state index contributed by atoms with van der Waals surface area (Å²) in [5, 5.41) is 13.3. The zero-order chi connectivity index (χ0) is 13.3. The molecule has 1 unspecified atom stereocenters. The van der Waals surface area contributed by atoms with Crippen LogP contribution in [0.5, 0.6) is 0 Å². The Morgan fingerprint density at radius 1 is 1.61 bits per heavy atom. The third-order valence-electron chi connectivity index (χ3n) is 2.60. The Morgan fingerprint density at radius 2 is 2.33 bits per heavy atom. The van der Waals surface area contributed by atoms with Crippen molar-refractivity contribution in [1.29, 1.82) is 0 Å². The minimum Gasteiger partial charge on any atom is -0.325 e. The number of hydrogen-bond donors (Lipinski definition) is 1. The molecule has 1 atom stereocenters. The largest absolute Gasteiger partial charge is 0.325 e. The highest BCUT2D eigenvalue weighted by atomic mass is 32.2. The van der Waals surface area contributed by atoms with Crippen molar-refractivity contribution in [3.05, 3.63) is 33.9 Å². The van der Waals surface area contributed by atoms with E-state index in [1.165, 1.54) is 23.9 Å². The summed E-state index contributed by atoms with van der Waals surface area (Å²) < 4.78 is 0.600. The Balaban J connectivity index is 2.38. The molecule has 1 N–H and O–H groups in total. The Morgan fingerprint density at radius 3 is 2.94 bits per heavy atom. The van der Waals surface area contributed by atoms with Gasteiger partial charge in [-0.25, -0.2) is 0 Å². The molecule has 0 bridgehead atoms. The van der Waals surface area contributed by atoms with E-state index >= 15 is 0 Å². The second-order valence-electron chi connectivity index (χ2n) is 3.70. The zero-order valence-electron chi connectivity index (χ0n) is 9.50. The van der Waals surface area contributed by atoms with E-state index < -0.39 is 10.8 Å². The van der Waals surface area contributed by atoms with Crippen molar-refractivity contribution in [2.24, 2.45) is 0 Å². The Bertz CT molecular complexity index is 545. The molecular weight excluding hydrogens is 272 g/mol. The molecule has 0 spiro atoms. The number of carbonyl (C=O) groups is 1. The molecule has 0 fully saturated rings. The highest BCUT2D eigenvalue weighted by Gasteiger charge is 2.34. The fourth-order valence-electron chi connectivity index (χ4n) is 1.82. The molecule has 0 aliphatic carbocycles. The van der Waals surface area contributed by atoms with Crippen molar-refractivity contribution >= 4 is 45.5 Å². The van der Waals surface area contributed by atoms with Gasteiger partial charge in [0.1, 0.15) is 5.92 Å². The van der Waals surface area contributed by atoms with Crippen LogP contribution in [0.15, 0.2) is 18.2 Å². The van der Waals surface area contributed by atoms with Gasteiger partial charge in [-0.2, -0.15) is 0 Å². The summed E-state index contributed by atoms with van der Waals surface area (Å²) in [4.78, 5) is 22.0. The lowest BCUT2D eigenvalue weighted by Crippen LogP contribution is -2.17. The van der Waals surface area contributed by atoms with Crippen LogP contribution in [-0.2, 0) is 4.79 Å². The first kappa shape index (κ1) is 13.0. The summed E-state index contributed by atoms with van der Waals surface area (Å²) in [5.74, 6) is 0.0995. The van der Waals surface area contributed by atoms with Crippen LogP contribution in [0.1, 0.15) is 18.4 Å². The highest BCUT2D eigenvalue weighted by Crippen LogP contribution is 2.38.